The van der Waals surface area contributed by atoms with Crippen molar-refractivity contribution in [2.24, 2.45) is 0 Å². The molecule has 3 heterocycles. The van der Waals surface area contributed by atoms with Crippen LogP contribution in [0.3, 0.4) is 0 Å². The van der Waals surface area contributed by atoms with Crippen molar-refractivity contribution in [3.8, 4) is 11.5 Å². The maximum Gasteiger partial charge on any atom is 0.419 e. The molecule has 26 heavy (non-hydrogen) atoms. The van der Waals surface area contributed by atoms with Gasteiger partial charge in [0.25, 0.3) is 5.89 Å². The predicted molar refractivity (Wildman–Crippen MR) is 92.5 cm³/mol. The molecule has 3 aromatic heterocycles. The average Bonchev–Trinajstić information content (AvgIpc) is 3.37. The lowest BCUT2D eigenvalue weighted by atomic mass is 10.3. The summed E-state index contributed by atoms with van der Waals surface area (Å²) in [4.78, 5) is 28.0. The molecule has 9 heteroatoms. The molecule has 0 radical (unpaired) electrons. The first-order valence-electron chi connectivity index (χ1n) is 7.80. The third-order valence-electron chi connectivity index (χ3n) is 3.71. The highest BCUT2D eigenvalue weighted by Crippen LogP contribution is 2.20. The van der Waals surface area contributed by atoms with Gasteiger partial charge in [-0.15, -0.1) is 0 Å². The number of aryl methyl sites for hydroxylation is 1. The van der Waals surface area contributed by atoms with E-state index in [0.29, 0.717) is 17.0 Å². The van der Waals surface area contributed by atoms with Crippen molar-refractivity contribution in [1.82, 2.24) is 14.7 Å². The number of hydrogen-bond acceptors (Lipinski definition) is 8. The zero-order valence-electron chi connectivity index (χ0n) is 13.5. The Kier molecular flexibility index (Phi) is 4.36. The fourth-order valence-electron chi connectivity index (χ4n) is 2.46. The molecule has 1 aromatic carbocycles. The first kappa shape index (κ1) is 16.3. The molecule has 132 valence electrons. The van der Waals surface area contributed by atoms with E-state index in [2.05, 4.69) is 10.1 Å². The number of carbonyl (C=O) groups is 1. The van der Waals surface area contributed by atoms with Gasteiger partial charge in [-0.25, -0.2) is 4.79 Å². The first-order valence-corrected chi connectivity index (χ1v) is 8.74. The zero-order chi connectivity index (χ0) is 17.9. The van der Waals surface area contributed by atoms with Crippen molar-refractivity contribution in [3.05, 3.63) is 57.5 Å². The van der Waals surface area contributed by atoms with Crippen LogP contribution in [0.25, 0.3) is 22.6 Å². The van der Waals surface area contributed by atoms with Gasteiger partial charge in [0.2, 0.25) is 5.82 Å². The molecule has 0 aliphatic carbocycles. The summed E-state index contributed by atoms with van der Waals surface area (Å²) in [6.45, 7) is 0.0780. The van der Waals surface area contributed by atoms with Crippen molar-refractivity contribution < 1.29 is 18.5 Å². The van der Waals surface area contributed by atoms with Crippen molar-refractivity contribution in [3.63, 3.8) is 0 Å². The Morgan fingerprint density at radius 2 is 2.15 bits per heavy atom. The molecule has 0 unspecified atom stereocenters. The smallest absolute Gasteiger partial charge is 0.419 e. The molecule has 0 aliphatic rings. The Morgan fingerprint density at radius 3 is 3.00 bits per heavy atom. The van der Waals surface area contributed by atoms with Gasteiger partial charge in [-0.2, -0.15) is 16.3 Å². The number of oxazole rings is 1. The number of esters is 1. The predicted octanol–water partition coefficient (Wildman–Crippen LogP) is 2.84. The van der Waals surface area contributed by atoms with Crippen LogP contribution in [-0.4, -0.2) is 20.7 Å². The Balaban J connectivity index is 1.34. The number of aromatic nitrogens is 3. The first-order chi connectivity index (χ1) is 12.7. The third-order valence-corrected chi connectivity index (χ3v) is 4.39. The number of benzene rings is 1. The SMILES string of the molecule is O=C(CCn1c(=O)oc2ccccc21)OCc1noc(-c2ccsc2)n1. The summed E-state index contributed by atoms with van der Waals surface area (Å²) in [6, 6.07) is 8.90. The lowest BCUT2D eigenvalue weighted by Crippen LogP contribution is -2.17. The molecule has 0 saturated heterocycles. The summed E-state index contributed by atoms with van der Waals surface area (Å²) in [5, 5.41) is 7.57. The summed E-state index contributed by atoms with van der Waals surface area (Å²) in [5.74, 6) is -0.305. The Hall–Kier alpha value is -3.20. The second-order valence-electron chi connectivity index (χ2n) is 5.43. The number of ether oxygens (including phenoxy) is 1. The molecule has 4 aromatic rings. The van der Waals surface area contributed by atoms with Crippen LogP contribution in [-0.2, 0) is 22.7 Å². The largest absolute Gasteiger partial charge is 0.457 e. The summed E-state index contributed by atoms with van der Waals surface area (Å²) < 4.78 is 16.8. The molecule has 0 atom stereocenters. The van der Waals surface area contributed by atoms with Gasteiger partial charge in [-0.05, 0) is 23.6 Å². The van der Waals surface area contributed by atoms with E-state index in [1.54, 1.807) is 24.3 Å². The average molecular weight is 371 g/mol. The topological polar surface area (TPSA) is 100 Å². The minimum absolute atomic E-state index is 0.0265. The van der Waals surface area contributed by atoms with Crippen LogP contribution >= 0.6 is 11.3 Å². The van der Waals surface area contributed by atoms with E-state index in [1.165, 1.54) is 15.9 Å². The monoisotopic (exact) mass is 371 g/mol. The van der Waals surface area contributed by atoms with Gasteiger partial charge in [0, 0.05) is 11.9 Å². The molecule has 0 bridgehead atoms. The zero-order valence-corrected chi connectivity index (χ0v) is 14.3. The van der Waals surface area contributed by atoms with Gasteiger partial charge in [0.05, 0.1) is 17.5 Å². The Labute approximate surface area is 150 Å². The lowest BCUT2D eigenvalue weighted by molar-refractivity contribution is -0.145. The number of nitrogens with zero attached hydrogens (tertiary/aromatic N) is 3. The van der Waals surface area contributed by atoms with Gasteiger partial charge in [-0.1, -0.05) is 17.3 Å². The van der Waals surface area contributed by atoms with Crippen LogP contribution < -0.4 is 5.76 Å². The van der Waals surface area contributed by atoms with Crippen LogP contribution in [0.15, 0.2) is 54.8 Å². The lowest BCUT2D eigenvalue weighted by Gasteiger charge is -2.03. The number of para-hydroxylation sites is 2. The van der Waals surface area contributed by atoms with Crippen molar-refractivity contribution in [2.75, 3.05) is 0 Å². The maximum absolute atomic E-state index is 11.9. The Morgan fingerprint density at radius 1 is 1.27 bits per heavy atom. The maximum atomic E-state index is 11.9. The normalized spacial score (nSPS) is 11.1. The molecule has 0 aliphatic heterocycles. The highest BCUT2D eigenvalue weighted by Gasteiger charge is 2.13. The molecule has 0 saturated carbocycles. The fraction of sp³-hybridized carbons (Fsp3) is 0.176. The minimum Gasteiger partial charge on any atom is -0.457 e. The van der Waals surface area contributed by atoms with E-state index in [9.17, 15) is 9.59 Å². The molecule has 0 N–H and O–H groups in total. The van der Waals surface area contributed by atoms with Gasteiger partial charge < -0.3 is 13.7 Å². The molecule has 4 rings (SSSR count). The molecule has 0 amide bonds. The van der Waals surface area contributed by atoms with Gasteiger partial charge in [0.1, 0.15) is 0 Å². The van der Waals surface area contributed by atoms with E-state index in [1.807, 2.05) is 16.8 Å². The van der Waals surface area contributed by atoms with Crippen LogP contribution in [0, 0.1) is 0 Å². The van der Waals surface area contributed by atoms with Crippen LogP contribution in [0.2, 0.25) is 0 Å². The Bertz CT molecular complexity index is 1090. The molecular weight excluding hydrogens is 358 g/mol. The second kappa shape index (κ2) is 6.96. The fourth-order valence-corrected chi connectivity index (χ4v) is 3.09. The summed E-state index contributed by atoms with van der Waals surface area (Å²) in [5.41, 5.74) is 1.95. The van der Waals surface area contributed by atoms with Crippen molar-refractivity contribution >= 4 is 28.4 Å². The number of fused-ring (bicyclic) bond motifs is 1. The molecule has 0 spiro atoms. The van der Waals surface area contributed by atoms with Crippen molar-refractivity contribution in [2.45, 2.75) is 19.6 Å². The van der Waals surface area contributed by atoms with Crippen LogP contribution in [0.4, 0.5) is 0 Å². The number of hydrogen-bond donors (Lipinski definition) is 0. The second-order valence-corrected chi connectivity index (χ2v) is 6.21. The van der Waals surface area contributed by atoms with Gasteiger partial charge >= 0.3 is 11.7 Å². The summed E-state index contributed by atoms with van der Waals surface area (Å²) in [7, 11) is 0. The number of carbonyl (C=O) groups excluding carboxylic acids is 1. The number of thiophene rings is 1. The quantitative estimate of drug-likeness (QED) is 0.480. The highest BCUT2D eigenvalue weighted by atomic mass is 32.1. The van der Waals surface area contributed by atoms with Gasteiger partial charge in [0.15, 0.2) is 12.2 Å². The van der Waals surface area contributed by atoms with E-state index < -0.39 is 11.7 Å². The van der Waals surface area contributed by atoms with E-state index in [-0.39, 0.29) is 25.4 Å². The van der Waals surface area contributed by atoms with Crippen LogP contribution in [0.1, 0.15) is 12.2 Å². The van der Waals surface area contributed by atoms with Gasteiger partial charge in [-0.3, -0.25) is 9.36 Å². The standard InChI is InChI=1S/C17H13N3O5S/c21-15(5-7-20-12-3-1-2-4-13(12)24-17(20)22)23-9-14-18-16(25-19-14)11-6-8-26-10-11/h1-4,6,8,10H,5,7,9H2. The van der Waals surface area contributed by atoms with E-state index >= 15 is 0 Å². The minimum atomic E-state index is -0.502. The molecule has 0 fully saturated rings. The highest BCUT2D eigenvalue weighted by molar-refractivity contribution is 7.08. The summed E-state index contributed by atoms with van der Waals surface area (Å²) in [6.07, 6.45) is 0.0265. The van der Waals surface area contributed by atoms with Crippen LogP contribution in [0.5, 0.6) is 0 Å². The number of rotatable bonds is 6. The van der Waals surface area contributed by atoms with Crippen molar-refractivity contribution in [1.29, 1.82) is 0 Å². The van der Waals surface area contributed by atoms with E-state index in [4.69, 9.17) is 13.7 Å². The molecular formula is C17H13N3O5S. The molecule has 8 nitrogen and oxygen atoms in total. The third kappa shape index (κ3) is 3.29. The summed E-state index contributed by atoms with van der Waals surface area (Å²) >= 11 is 1.52. The van der Waals surface area contributed by atoms with E-state index in [0.717, 1.165) is 5.56 Å².